The van der Waals surface area contributed by atoms with Crippen LogP contribution in [0.2, 0.25) is 0 Å². The van der Waals surface area contributed by atoms with E-state index in [-0.39, 0.29) is 18.3 Å². The fourth-order valence-corrected chi connectivity index (χ4v) is 3.06. The van der Waals surface area contributed by atoms with Gasteiger partial charge in [-0.2, -0.15) is 4.68 Å². The van der Waals surface area contributed by atoms with Gasteiger partial charge in [-0.05, 0) is 54.0 Å². The van der Waals surface area contributed by atoms with Gasteiger partial charge in [-0.25, -0.2) is 0 Å². The molecular weight excluding hydrogens is 348 g/mol. The molecule has 0 saturated heterocycles. The van der Waals surface area contributed by atoms with E-state index in [9.17, 15) is 4.79 Å². The highest BCUT2D eigenvalue weighted by molar-refractivity contribution is 7.99. The number of hydrogen-bond donors (Lipinski definition) is 0. The molecule has 1 aromatic heterocycles. The zero-order valence-corrected chi connectivity index (χ0v) is 15.8. The molecule has 0 saturated carbocycles. The van der Waals surface area contributed by atoms with Crippen LogP contribution in [0, 0.1) is 20.8 Å². The average Bonchev–Trinajstić information content (AvgIpc) is 3.10. The van der Waals surface area contributed by atoms with Crippen LogP contribution in [0.1, 0.15) is 22.3 Å². The Hall–Kier alpha value is -2.67. The fourth-order valence-electron chi connectivity index (χ4n) is 2.38. The Morgan fingerprint density at radius 2 is 1.81 bits per heavy atom. The lowest BCUT2D eigenvalue weighted by atomic mass is 10.1. The van der Waals surface area contributed by atoms with E-state index in [1.165, 1.54) is 17.3 Å². The molecule has 6 nitrogen and oxygen atoms in total. The molecule has 0 atom stereocenters. The van der Waals surface area contributed by atoms with Gasteiger partial charge in [-0.3, -0.25) is 4.79 Å². The number of nitrogens with zero attached hydrogens (tertiary/aromatic N) is 4. The number of carbonyl (C=O) groups is 1. The van der Waals surface area contributed by atoms with E-state index in [4.69, 9.17) is 4.74 Å². The molecule has 0 radical (unpaired) electrons. The second kappa shape index (κ2) is 8.14. The van der Waals surface area contributed by atoms with Crippen molar-refractivity contribution in [2.45, 2.75) is 32.5 Å². The lowest BCUT2D eigenvalue weighted by Gasteiger charge is -2.08. The predicted molar refractivity (Wildman–Crippen MR) is 100 cm³/mol. The van der Waals surface area contributed by atoms with Crippen molar-refractivity contribution in [1.82, 2.24) is 20.2 Å². The standard InChI is InChI=1S/C19H20N4O2S/c1-13-5-8-16(9-6-13)11-25-18(24)12-26-19-20-21-22-23(19)17-10-14(2)4-7-15(17)3/h4-10H,11-12H2,1-3H3. The number of thioether (sulfide) groups is 1. The highest BCUT2D eigenvalue weighted by atomic mass is 32.2. The molecule has 0 aliphatic heterocycles. The highest BCUT2D eigenvalue weighted by Crippen LogP contribution is 2.21. The molecule has 0 unspecified atom stereocenters. The first-order chi connectivity index (χ1) is 12.5. The maximum Gasteiger partial charge on any atom is 0.316 e. The fraction of sp³-hybridized carbons (Fsp3) is 0.263. The van der Waals surface area contributed by atoms with Crippen molar-refractivity contribution in [3.05, 3.63) is 64.7 Å². The van der Waals surface area contributed by atoms with Crippen molar-refractivity contribution in [2.75, 3.05) is 5.75 Å². The zero-order valence-electron chi connectivity index (χ0n) is 15.0. The summed E-state index contributed by atoms with van der Waals surface area (Å²) in [7, 11) is 0. The van der Waals surface area contributed by atoms with Crippen LogP contribution in [-0.4, -0.2) is 31.9 Å². The number of ether oxygens (including phenoxy) is 1. The second-order valence-electron chi connectivity index (χ2n) is 6.10. The molecular formula is C19H20N4O2S. The van der Waals surface area contributed by atoms with Gasteiger partial charge < -0.3 is 4.74 Å². The van der Waals surface area contributed by atoms with E-state index in [2.05, 4.69) is 15.5 Å². The number of benzene rings is 2. The summed E-state index contributed by atoms with van der Waals surface area (Å²) < 4.78 is 6.97. The summed E-state index contributed by atoms with van der Waals surface area (Å²) in [5.74, 6) is -0.150. The van der Waals surface area contributed by atoms with Crippen LogP contribution in [0.15, 0.2) is 47.6 Å². The SMILES string of the molecule is Cc1ccc(COC(=O)CSc2nnnn2-c2cc(C)ccc2C)cc1. The molecule has 0 N–H and O–H groups in total. The van der Waals surface area contributed by atoms with Crippen LogP contribution in [0.3, 0.4) is 0 Å². The molecule has 1 heterocycles. The first kappa shape index (κ1) is 18.1. The molecule has 0 aliphatic carbocycles. The molecule has 3 aromatic rings. The summed E-state index contributed by atoms with van der Waals surface area (Å²) >= 11 is 1.26. The molecule has 7 heteroatoms. The summed E-state index contributed by atoms with van der Waals surface area (Å²) in [5.41, 5.74) is 5.23. The molecule has 2 aromatic carbocycles. The van der Waals surface area contributed by atoms with Gasteiger partial charge in [-0.15, -0.1) is 5.10 Å². The number of carbonyl (C=O) groups excluding carboxylic acids is 1. The third-order valence-electron chi connectivity index (χ3n) is 3.87. The third kappa shape index (κ3) is 4.49. The summed E-state index contributed by atoms with van der Waals surface area (Å²) in [6, 6.07) is 14.0. The Morgan fingerprint density at radius 1 is 1.08 bits per heavy atom. The number of aryl methyl sites for hydroxylation is 3. The van der Waals surface area contributed by atoms with Crippen LogP contribution < -0.4 is 0 Å². The zero-order chi connectivity index (χ0) is 18.5. The number of hydrogen-bond acceptors (Lipinski definition) is 6. The molecule has 26 heavy (non-hydrogen) atoms. The Kier molecular flexibility index (Phi) is 5.68. The Labute approximate surface area is 156 Å². The molecule has 134 valence electrons. The topological polar surface area (TPSA) is 69.9 Å². The minimum Gasteiger partial charge on any atom is -0.460 e. The van der Waals surface area contributed by atoms with Crippen LogP contribution in [0.4, 0.5) is 0 Å². The number of tetrazole rings is 1. The van der Waals surface area contributed by atoms with Crippen LogP contribution in [0.5, 0.6) is 0 Å². The molecule has 0 amide bonds. The number of aromatic nitrogens is 4. The van der Waals surface area contributed by atoms with Gasteiger partial charge in [0.1, 0.15) is 6.61 Å². The van der Waals surface area contributed by atoms with Gasteiger partial charge in [0.25, 0.3) is 0 Å². The van der Waals surface area contributed by atoms with E-state index in [1.54, 1.807) is 4.68 Å². The normalized spacial score (nSPS) is 10.7. The number of esters is 1. The monoisotopic (exact) mass is 368 g/mol. The largest absolute Gasteiger partial charge is 0.460 e. The van der Waals surface area contributed by atoms with Crippen molar-refractivity contribution in [3.63, 3.8) is 0 Å². The highest BCUT2D eigenvalue weighted by Gasteiger charge is 2.14. The van der Waals surface area contributed by atoms with Crippen LogP contribution in [0.25, 0.3) is 5.69 Å². The van der Waals surface area contributed by atoms with Gasteiger partial charge >= 0.3 is 5.97 Å². The second-order valence-corrected chi connectivity index (χ2v) is 7.04. The van der Waals surface area contributed by atoms with Crippen molar-refractivity contribution in [3.8, 4) is 5.69 Å². The Morgan fingerprint density at radius 3 is 2.58 bits per heavy atom. The Bertz CT molecular complexity index is 906. The quantitative estimate of drug-likeness (QED) is 0.490. The number of rotatable bonds is 6. The summed E-state index contributed by atoms with van der Waals surface area (Å²) in [6.07, 6.45) is 0. The summed E-state index contributed by atoms with van der Waals surface area (Å²) in [4.78, 5) is 12.0. The minimum atomic E-state index is -0.300. The first-order valence-corrected chi connectivity index (χ1v) is 9.21. The van der Waals surface area contributed by atoms with Gasteiger partial charge in [0.05, 0.1) is 11.4 Å². The van der Waals surface area contributed by atoms with Crippen molar-refractivity contribution >= 4 is 17.7 Å². The Balaban J connectivity index is 1.60. The lowest BCUT2D eigenvalue weighted by molar-refractivity contribution is -0.141. The van der Waals surface area contributed by atoms with E-state index in [0.29, 0.717) is 5.16 Å². The molecule has 3 rings (SSSR count). The summed E-state index contributed by atoms with van der Waals surface area (Å²) in [6.45, 7) is 6.30. The van der Waals surface area contributed by atoms with Gasteiger partial charge in [0.2, 0.25) is 5.16 Å². The van der Waals surface area contributed by atoms with Gasteiger partial charge in [-0.1, -0.05) is 53.7 Å². The van der Waals surface area contributed by atoms with Gasteiger partial charge in [0.15, 0.2) is 0 Å². The van der Waals surface area contributed by atoms with Crippen molar-refractivity contribution in [1.29, 1.82) is 0 Å². The minimum absolute atomic E-state index is 0.150. The lowest BCUT2D eigenvalue weighted by Crippen LogP contribution is -2.09. The molecule has 0 bridgehead atoms. The van der Waals surface area contributed by atoms with Crippen molar-refractivity contribution < 1.29 is 9.53 Å². The van der Waals surface area contributed by atoms with E-state index in [1.807, 2.05) is 63.2 Å². The maximum atomic E-state index is 12.0. The van der Waals surface area contributed by atoms with E-state index < -0.39 is 0 Å². The molecule has 0 fully saturated rings. The first-order valence-electron chi connectivity index (χ1n) is 8.23. The average molecular weight is 368 g/mol. The molecule has 0 aliphatic rings. The van der Waals surface area contributed by atoms with E-state index >= 15 is 0 Å². The smallest absolute Gasteiger partial charge is 0.316 e. The van der Waals surface area contributed by atoms with Gasteiger partial charge in [0, 0.05) is 0 Å². The third-order valence-corrected chi connectivity index (χ3v) is 4.77. The van der Waals surface area contributed by atoms with Crippen LogP contribution in [-0.2, 0) is 16.1 Å². The van der Waals surface area contributed by atoms with Crippen LogP contribution >= 0.6 is 11.8 Å². The predicted octanol–water partition coefficient (Wildman–Crippen LogP) is 3.42. The maximum absolute atomic E-state index is 12.0. The molecule has 0 spiro atoms. The van der Waals surface area contributed by atoms with E-state index in [0.717, 1.165) is 22.4 Å². The summed E-state index contributed by atoms with van der Waals surface area (Å²) in [5, 5.41) is 12.4. The van der Waals surface area contributed by atoms with Crippen molar-refractivity contribution in [2.24, 2.45) is 0 Å².